The molecule has 0 aromatic rings. The Hall–Kier alpha value is -1.06. The standard InChI is InChI=1S/C13H23NO3/c1-7-17-9(15)8-14(6)11(16)10-12(2,3)13(10,4)5/h10H,7-8H2,1-6H3. The van der Waals surface area contributed by atoms with Crippen LogP contribution >= 0.6 is 0 Å². The summed E-state index contributed by atoms with van der Waals surface area (Å²) in [5, 5.41) is 0. The molecule has 1 aliphatic carbocycles. The third-order valence-electron chi connectivity index (χ3n) is 4.32. The summed E-state index contributed by atoms with van der Waals surface area (Å²) in [6.07, 6.45) is 0. The van der Waals surface area contributed by atoms with Crippen molar-refractivity contribution in [2.45, 2.75) is 34.6 Å². The number of nitrogens with zero attached hydrogens (tertiary/aromatic N) is 1. The van der Waals surface area contributed by atoms with Crippen LogP contribution in [-0.4, -0.2) is 37.0 Å². The summed E-state index contributed by atoms with van der Waals surface area (Å²) in [7, 11) is 1.66. The van der Waals surface area contributed by atoms with Gasteiger partial charge in [-0.05, 0) is 17.8 Å². The van der Waals surface area contributed by atoms with Crippen molar-refractivity contribution in [1.82, 2.24) is 4.90 Å². The van der Waals surface area contributed by atoms with Crippen LogP contribution in [0, 0.1) is 16.7 Å². The van der Waals surface area contributed by atoms with E-state index in [0.717, 1.165) is 0 Å². The Morgan fingerprint density at radius 1 is 1.18 bits per heavy atom. The quantitative estimate of drug-likeness (QED) is 0.704. The summed E-state index contributed by atoms with van der Waals surface area (Å²) >= 11 is 0. The van der Waals surface area contributed by atoms with Gasteiger partial charge in [-0.1, -0.05) is 27.7 Å². The van der Waals surface area contributed by atoms with Crippen LogP contribution in [0.1, 0.15) is 34.6 Å². The van der Waals surface area contributed by atoms with Crippen molar-refractivity contribution < 1.29 is 14.3 Å². The van der Waals surface area contributed by atoms with Gasteiger partial charge in [0.25, 0.3) is 0 Å². The molecule has 17 heavy (non-hydrogen) atoms. The number of likely N-dealkylation sites (N-methyl/N-ethyl adjacent to an activating group) is 1. The summed E-state index contributed by atoms with van der Waals surface area (Å²) in [6, 6.07) is 0. The molecule has 1 saturated carbocycles. The lowest BCUT2D eigenvalue weighted by atomic mass is 10.0. The third kappa shape index (κ3) is 2.31. The Balaban J connectivity index is 2.58. The minimum atomic E-state index is -0.348. The number of hydrogen-bond acceptors (Lipinski definition) is 3. The van der Waals surface area contributed by atoms with Crippen LogP contribution in [0.3, 0.4) is 0 Å². The number of rotatable bonds is 4. The summed E-state index contributed by atoms with van der Waals surface area (Å²) in [4.78, 5) is 25.0. The molecule has 0 saturated heterocycles. The van der Waals surface area contributed by atoms with Crippen LogP contribution in [0.25, 0.3) is 0 Å². The fraction of sp³-hybridized carbons (Fsp3) is 0.846. The SMILES string of the molecule is CCOC(=O)CN(C)C(=O)C1C(C)(C)C1(C)C. The van der Waals surface area contributed by atoms with Crippen molar-refractivity contribution in [3.63, 3.8) is 0 Å². The van der Waals surface area contributed by atoms with Gasteiger partial charge in [-0.15, -0.1) is 0 Å². The average molecular weight is 241 g/mol. The molecule has 0 N–H and O–H groups in total. The highest BCUT2D eigenvalue weighted by atomic mass is 16.5. The molecule has 1 amide bonds. The topological polar surface area (TPSA) is 46.6 Å². The summed E-state index contributed by atoms with van der Waals surface area (Å²) < 4.78 is 4.83. The Bertz CT molecular complexity index is 320. The number of carbonyl (C=O) groups is 2. The van der Waals surface area contributed by atoms with Crippen LogP contribution in [0.4, 0.5) is 0 Å². The number of ether oxygens (including phenoxy) is 1. The minimum absolute atomic E-state index is 0.00516. The van der Waals surface area contributed by atoms with Crippen molar-refractivity contribution in [1.29, 1.82) is 0 Å². The molecular weight excluding hydrogens is 218 g/mol. The predicted molar refractivity (Wildman–Crippen MR) is 65.3 cm³/mol. The highest BCUT2D eigenvalue weighted by molar-refractivity contribution is 5.87. The second-order valence-electron chi connectivity index (χ2n) is 5.88. The number of amides is 1. The first-order valence-corrected chi connectivity index (χ1v) is 6.06. The van der Waals surface area contributed by atoms with E-state index in [0.29, 0.717) is 6.61 Å². The monoisotopic (exact) mass is 241 g/mol. The molecule has 0 aliphatic heterocycles. The van der Waals surface area contributed by atoms with Gasteiger partial charge in [-0.25, -0.2) is 0 Å². The van der Waals surface area contributed by atoms with Crippen LogP contribution in [-0.2, 0) is 14.3 Å². The molecule has 1 rings (SSSR count). The molecule has 0 atom stereocenters. The number of carbonyl (C=O) groups excluding carboxylic acids is 2. The van der Waals surface area contributed by atoms with Gasteiger partial charge in [-0.3, -0.25) is 9.59 Å². The zero-order valence-electron chi connectivity index (χ0n) is 11.7. The van der Waals surface area contributed by atoms with Crippen LogP contribution in [0.2, 0.25) is 0 Å². The zero-order valence-corrected chi connectivity index (χ0v) is 11.7. The van der Waals surface area contributed by atoms with Gasteiger partial charge in [0.2, 0.25) is 5.91 Å². The molecule has 4 heteroatoms. The second kappa shape index (κ2) is 4.31. The van der Waals surface area contributed by atoms with Gasteiger partial charge in [0.05, 0.1) is 6.61 Å². The lowest BCUT2D eigenvalue weighted by molar-refractivity contribution is -0.148. The fourth-order valence-corrected chi connectivity index (χ4v) is 2.51. The first kappa shape index (κ1) is 14.0. The van der Waals surface area contributed by atoms with Crippen molar-refractivity contribution in [3.05, 3.63) is 0 Å². The first-order valence-electron chi connectivity index (χ1n) is 6.06. The molecule has 0 aromatic carbocycles. The van der Waals surface area contributed by atoms with E-state index in [2.05, 4.69) is 27.7 Å². The maximum atomic E-state index is 12.2. The molecule has 98 valence electrons. The normalized spacial score (nSPS) is 20.8. The molecule has 1 aliphatic rings. The lowest BCUT2D eigenvalue weighted by Gasteiger charge is -2.17. The molecule has 0 spiro atoms. The van der Waals surface area contributed by atoms with E-state index >= 15 is 0 Å². The minimum Gasteiger partial charge on any atom is -0.465 e. The highest BCUT2D eigenvalue weighted by Crippen LogP contribution is 2.68. The maximum absolute atomic E-state index is 12.2. The summed E-state index contributed by atoms with van der Waals surface area (Å²) in [5.41, 5.74) is 0.0139. The van der Waals surface area contributed by atoms with E-state index in [-0.39, 0.29) is 35.2 Å². The van der Waals surface area contributed by atoms with Gasteiger partial charge < -0.3 is 9.64 Å². The van der Waals surface area contributed by atoms with Gasteiger partial charge in [0.15, 0.2) is 0 Å². The Morgan fingerprint density at radius 3 is 2.00 bits per heavy atom. The van der Waals surface area contributed by atoms with Crippen molar-refractivity contribution in [2.24, 2.45) is 16.7 Å². The van der Waals surface area contributed by atoms with Crippen molar-refractivity contribution in [2.75, 3.05) is 20.2 Å². The van der Waals surface area contributed by atoms with Gasteiger partial charge in [0, 0.05) is 13.0 Å². The fourth-order valence-electron chi connectivity index (χ4n) is 2.51. The van der Waals surface area contributed by atoms with Crippen LogP contribution in [0.15, 0.2) is 0 Å². The molecule has 0 unspecified atom stereocenters. The zero-order chi connectivity index (χ0) is 13.4. The molecule has 0 bridgehead atoms. The van der Waals surface area contributed by atoms with Crippen molar-refractivity contribution in [3.8, 4) is 0 Å². The van der Waals surface area contributed by atoms with Crippen LogP contribution < -0.4 is 0 Å². The van der Waals surface area contributed by atoms with Gasteiger partial charge in [0.1, 0.15) is 6.54 Å². The second-order valence-corrected chi connectivity index (χ2v) is 5.88. The van der Waals surface area contributed by atoms with E-state index in [4.69, 9.17) is 4.74 Å². The summed E-state index contributed by atoms with van der Waals surface area (Å²) in [5.74, 6) is -0.318. The number of esters is 1. The molecule has 4 nitrogen and oxygen atoms in total. The Labute approximate surface area is 103 Å². The summed E-state index contributed by atoms with van der Waals surface area (Å²) in [6.45, 7) is 10.5. The van der Waals surface area contributed by atoms with E-state index in [1.807, 2.05) is 0 Å². The lowest BCUT2D eigenvalue weighted by Crippen LogP contribution is -2.35. The van der Waals surface area contributed by atoms with Crippen molar-refractivity contribution >= 4 is 11.9 Å². The molecular formula is C13H23NO3. The molecule has 0 heterocycles. The Morgan fingerprint density at radius 2 is 1.65 bits per heavy atom. The van der Waals surface area contributed by atoms with E-state index in [1.54, 1.807) is 14.0 Å². The first-order chi connectivity index (χ1) is 7.66. The van der Waals surface area contributed by atoms with E-state index < -0.39 is 0 Å². The highest BCUT2D eigenvalue weighted by Gasteiger charge is 2.68. The third-order valence-corrected chi connectivity index (χ3v) is 4.32. The maximum Gasteiger partial charge on any atom is 0.325 e. The number of hydrogen-bond donors (Lipinski definition) is 0. The van der Waals surface area contributed by atoms with Gasteiger partial charge >= 0.3 is 5.97 Å². The van der Waals surface area contributed by atoms with Crippen LogP contribution in [0.5, 0.6) is 0 Å². The smallest absolute Gasteiger partial charge is 0.325 e. The molecule has 0 aromatic heterocycles. The molecule has 1 fully saturated rings. The van der Waals surface area contributed by atoms with E-state index in [9.17, 15) is 9.59 Å². The molecule has 0 radical (unpaired) electrons. The Kier molecular flexibility index (Phi) is 3.55. The van der Waals surface area contributed by atoms with Gasteiger partial charge in [-0.2, -0.15) is 0 Å². The largest absolute Gasteiger partial charge is 0.465 e. The average Bonchev–Trinajstić information content (AvgIpc) is 2.56. The predicted octanol–water partition coefficient (Wildman–Crippen LogP) is 1.69. The van der Waals surface area contributed by atoms with E-state index in [1.165, 1.54) is 4.90 Å².